The van der Waals surface area contributed by atoms with Crippen LogP contribution in [0.5, 0.6) is 0 Å². The fourth-order valence-electron chi connectivity index (χ4n) is 1.03. The number of hydrogen-bond acceptors (Lipinski definition) is 5. The van der Waals surface area contributed by atoms with Crippen LogP contribution in [-0.2, 0) is 0 Å². The van der Waals surface area contributed by atoms with Crippen molar-refractivity contribution in [3.8, 4) is 11.4 Å². The van der Waals surface area contributed by atoms with Gasteiger partial charge in [0, 0.05) is 11.3 Å². The van der Waals surface area contributed by atoms with Gasteiger partial charge in [-0.05, 0) is 31.2 Å². The first kappa shape index (κ1) is 8.55. The Bertz CT molecular complexity index is 376. The summed E-state index contributed by atoms with van der Waals surface area (Å²) >= 11 is 0. The van der Waals surface area contributed by atoms with Crippen molar-refractivity contribution in [2.75, 3.05) is 5.73 Å². The van der Waals surface area contributed by atoms with Gasteiger partial charge in [-0.3, -0.25) is 0 Å². The SMILES string of the molecule is Cc1nnc(-c2ccc(N)cc2)nn1. The molecule has 0 aliphatic rings. The molecular formula is C9H9N5. The average Bonchev–Trinajstić information content (AvgIpc) is 2.21. The third-order valence-corrected chi connectivity index (χ3v) is 1.75. The lowest BCUT2D eigenvalue weighted by Gasteiger charge is -1.98. The molecule has 0 aliphatic heterocycles. The summed E-state index contributed by atoms with van der Waals surface area (Å²) in [6.07, 6.45) is 0. The summed E-state index contributed by atoms with van der Waals surface area (Å²) in [7, 11) is 0. The van der Waals surface area contributed by atoms with Crippen molar-refractivity contribution >= 4 is 5.69 Å². The van der Waals surface area contributed by atoms with E-state index in [0.29, 0.717) is 17.3 Å². The molecule has 5 nitrogen and oxygen atoms in total. The largest absolute Gasteiger partial charge is 0.399 e. The van der Waals surface area contributed by atoms with Crippen molar-refractivity contribution in [3.05, 3.63) is 30.1 Å². The molecule has 2 N–H and O–H groups in total. The van der Waals surface area contributed by atoms with E-state index in [9.17, 15) is 0 Å². The Morgan fingerprint density at radius 1 is 0.929 bits per heavy atom. The van der Waals surface area contributed by atoms with Crippen LogP contribution in [0.25, 0.3) is 11.4 Å². The molecule has 5 heteroatoms. The molecule has 0 spiro atoms. The van der Waals surface area contributed by atoms with Crippen LogP contribution in [0.3, 0.4) is 0 Å². The Balaban J connectivity index is 2.40. The van der Waals surface area contributed by atoms with Crippen LogP contribution in [-0.4, -0.2) is 20.4 Å². The van der Waals surface area contributed by atoms with Gasteiger partial charge in [-0.25, -0.2) is 0 Å². The molecule has 2 aromatic rings. The second-order valence-electron chi connectivity index (χ2n) is 2.89. The Morgan fingerprint density at radius 3 is 2.07 bits per heavy atom. The van der Waals surface area contributed by atoms with E-state index in [-0.39, 0.29) is 0 Å². The zero-order valence-electron chi connectivity index (χ0n) is 7.68. The third kappa shape index (κ3) is 1.66. The molecule has 70 valence electrons. The Morgan fingerprint density at radius 2 is 1.50 bits per heavy atom. The number of hydrogen-bond donors (Lipinski definition) is 1. The van der Waals surface area contributed by atoms with Gasteiger partial charge >= 0.3 is 0 Å². The van der Waals surface area contributed by atoms with Crippen LogP contribution >= 0.6 is 0 Å². The monoisotopic (exact) mass is 187 g/mol. The summed E-state index contributed by atoms with van der Waals surface area (Å²) < 4.78 is 0. The first-order chi connectivity index (χ1) is 6.75. The standard InChI is InChI=1S/C9H9N5/c1-6-11-13-9(14-12-6)7-2-4-8(10)5-3-7/h2-5H,10H2,1H3. The second-order valence-corrected chi connectivity index (χ2v) is 2.89. The maximum Gasteiger partial charge on any atom is 0.203 e. The van der Waals surface area contributed by atoms with Gasteiger partial charge in [0.15, 0.2) is 5.82 Å². The zero-order valence-corrected chi connectivity index (χ0v) is 7.68. The lowest BCUT2D eigenvalue weighted by Crippen LogP contribution is -1.98. The smallest absolute Gasteiger partial charge is 0.203 e. The van der Waals surface area contributed by atoms with Crippen LogP contribution < -0.4 is 5.73 Å². The molecule has 0 saturated heterocycles. The van der Waals surface area contributed by atoms with E-state index in [1.165, 1.54) is 0 Å². The first-order valence-corrected chi connectivity index (χ1v) is 4.15. The van der Waals surface area contributed by atoms with Gasteiger partial charge in [0.25, 0.3) is 0 Å². The minimum Gasteiger partial charge on any atom is -0.399 e. The topological polar surface area (TPSA) is 77.6 Å². The van der Waals surface area contributed by atoms with Gasteiger partial charge in [-0.1, -0.05) is 0 Å². The predicted molar refractivity (Wildman–Crippen MR) is 52.2 cm³/mol. The zero-order chi connectivity index (χ0) is 9.97. The summed E-state index contributed by atoms with van der Waals surface area (Å²) in [5.74, 6) is 1.07. The van der Waals surface area contributed by atoms with Crippen LogP contribution in [0.15, 0.2) is 24.3 Å². The van der Waals surface area contributed by atoms with E-state index >= 15 is 0 Å². The summed E-state index contributed by atoms with van der Waals surface area (Å²) in [5, 5.41) is 15.5. The van der Waals surface area contributed by atoms with Crippen molar-refractivity contribution in [2.45, 2.75) is 6.92 Å². The number of nitrogens with two attached hydrogens (primary N) is 1. The van der Waals surface area contributed by atoms with E-state index in [2.05, 4.69) is 20.4 Å². The molecule has 0 bridgehead atoms. The number of nitrogens with zero attached hydrogens (tertiary/aromatic N) is 4. The van der Waals surface area contributed by atoms with Gasteiger partial charge in [0.2, 0.25) is 5.82 Å². The van der Waals surface area contributed by atoms with E-state index in [1.54, 1.807) is 19.1 Å². The van der Waals surface area contributed by atoms with Crippen molar-refractivity contribution in [2.24, 2.45) is 0 Å². The van der Waals surface area contributed by atoms with Crippen LogP contribution in [0.1, 0.15) is 5.82 Å². The number of aromatic nitrogens is 4. The molecule has 0 amide bonds. The fourth-order valence-corrected chi connectivity index (χ4v) is 1.03. The highest BCUT2D eigenvalue weighted by atomic mass is 15.3. The van der Waals surface area contributed by atoms with Gasteiger partial charge in [0.1, 0.15) is 0 Å². The maximum atomic E-state index is 5.56. The lowest BCUT2D eigenvalue weighted by atomic mass is 10.2. The third-order valence-electron chi connectivity index (χ3n) is 1.75. The molecule has 0 atom stereocenters. The van der Waals surface area contributed by atoms with Gasteiger partial charge in [-0.2, -0.15) is 0 Å². The number of anilines is 1. The fraction of sp³-hybridized carbons (Fsp3) is 0.111. The molecule has 0 unspecified atom stereocenters. The van der Waals surface area contributed by atoms with Crippen molar-refractivity contribution in [3.63, 3.8) is 0 Å². The molecular weight excluding hydrogens is 178 g/mol. The molecule has 14 heavy (non-hydrogen) atoms. The molecule has 0 aliphatic carbocycles. The van der Waals surface area contributed by atoms with Crippen LogP contribution in [0.4, 0.5) is 5.69 Å². The summed E-state index contributed by atoms with van der Waals surface area (Å²) in [5.41, 5.74) is 7.13. The molecule has 1 aromatic heterocycles. The molecule has 1 heterocycles. The minimum atomic E-state index is 0.510. The Hall–Kier alpha value is -2.04. The molecule has 0 radical (unpaired) electrons. The van der Waals surface area contributed by atoms with E-state index in [1.807, 2.05) is 12.1 Å². The van der Waals surface area contributed by atoms with Gasteiger partial charge < -0.3 is 5.73 Å². The predicted octanol–water partition coefficient (Wildman–Crippen LogP) is 0.824. The highest BCUT2D eigenvalue weighted by Gasteiger charge is 2.01. The van der Waals surface area contributed by atoms with E-state index in [0.717, 1.165) is 5.56 Å². The van der Waals surface area contributed by atoms with Crippen molar-refractivity contribution in [1.82, 2.24) is 20.4 Å². The number of nitrogen functional groups attached to an aromatic ring is 1. The highest BCUT2D eigenvalue weighted by molar-refractivity contribution is 5.57. The first-order valence-electron chi connectivity index (χ1n) is 4.15. The van der Waals surface area contributed by atoms with Crippen LogP contribution in [0.2, 0.25) is 0 Å². The molecule has 1 aromatic carbocycles. The minimum absolute atomic E-state index is 0.510. The number of aryl methyl sites for hydroxylation is 1. The number of rotatable bonds is 1. The van der Waals surface area contributed by atoms with Crippen LogP contribution in [0, 0.1) is 6.92 Å². The van der Waals surface area contributed by atoms with Gasteiger partial charge in [0.05, 0.1) is 0 Å². The van der Waals surface area contributed by atoms with Gasteiger partial charge in [-0.15, -0.1) is 20.4 Å². The molecule has 0 fully saturated rings. The average molecular weight is 187 g/mol. The lowest BCUT2D eigenvalue weighted by molar-refractivity contribution is 0.816. The van der Waals surface area contributed by atoms with Crippen molar-refractivity contribution < 1.29 is 0 Å². The molecule has 0 saturated carbocycles. The normalized spacial score (nSPS) is 10.1. The van der Waals surface area contributed by atoms with E-state index in [4.69, 9.17) is 5.73 Å². The Kier molecular flexibility index (Phi) is 2.06. The number of benzene rings is 1. The summed E-state index contributed by atoms with van der Waals surface area (Å²) in [4.78, 5) is 0. The molecule has 2 rings (SSSR count). The summed E-state index contributed by atoms with van der Waals surface area (Å²) in [6.45, 7) is 1.74. The second kappa shape index (κ2) is 3.37. The summed E-state index contributed by atoms with van der Waals surface area (Å²) in [6, 6.07) is 7.25. The quantitative estimate of drug-likeness (QED) is 0.669. The maximum absolute atomic E-state index is 5.56. The highest BCUT2D eigenvalue weighted by Crippen LogP contribution is 2.14. The van der Waals surface area contributed by atoms with Crippen molar-refractivity contribution in [1.29, 1.82) is 0 Å². The van der Waals surface area contributed by atoms with E-state index < -0.39 is 0 Å². The Labute approximate surface area is 81.0 Å².